The third kappa shape index (κ3) is 2.69. The molecule has 78 valence electrons. The van der Waals surface area contributed by atoms with Gasteiger partial charge in [0.2, 0.25) is 0 Å². The number of carbonyl (C=O) groups excluding carboxylic acids is 1. The van der Waals surface area contributed by atoms with Crippen LogP contribution in [0.15, 0.2) is 29.8 Å². The summed E-state index contributed by atoms with van der Waals surface area (Å²) in [6.07, 6.45) is 5.29. The molecule has 0 N–H and O–H groups in total. The molecule has 0 heterocycles. The van der Waals surface area contributed by atoms with E-state index in [0.717, 1.165) is 23.4 Å². The Morgan fingerprint density at radius 3 is 2.40 bits per heavy atom. The van der Waals surface area contributed by atoms with Crippen LogP contribution in [0.1, 0.15) is 31.2 Å². The third-order valence-electron chi connectivity index (χ3n) is 2.71. The van der Waals surface area contributed by atoms with Gasteiger partial charge in [-0.25, -0.2) is 0 Å². The van der Waals surface area contributed by atoms with Gasteiger partial charge in [0, 0.05) is 17.9 Å². The maximum absolute atomic E-state index is 11.1. The van der Waals surface area contributed by atoms with Crippen molar-refractivity contribution < 1.29 is 4.79 Å². The van der Waals surface area contributed by atoms with Crippen molar-refractivity contribution in [2.24, 2.45) is 0 Å². The van der Waals surface area contributed by atoms with E-state index in [1.54, 1.807) is 0 Å². The van der Waals surface area contributed by atoms with E-state index in [4.69, 9.17) is 11.6 Å². The lowest BCUT2D eigenvalue weighted by atomic mass is 9.92. The van der Waals surface area contributed by atoms with Gasteiger partial charge in [-0.1, -0.05) is 41.4 Å². The summed E-state index contributed by atoms with van der Waals surface area (Å²) in [5.74, 6) is 0.381. The fourth-order valence-corrected chi connectivity index (χ4v) is 2.00. The van der Waals surface area contributed by atoms with Crippen molar-refractivity contribution in [3.8, 4) is 0 Å². The predicted octanol–water partition coefficient (Wildman–Crippen LogP) is 3.87. The van der Waals surface area contributed by atoms with Gasteiger partial charge in [0.25, 0.3) is 0 Å². The molecule has 0 saturated heterocycles. The number of rotatable bonds is 1. The van der Waals surface area contributed by atoms with Crippen molar-refractivity contribution in [1.29, 1.82) is 0 Å². The minimum absolute atomic E-state index is 0.381. The van der Waals surface area contributed by atoms with Crippen molar-refractivity contribution in [3.05, 3.63) is 40.4 Å². The zero-order chi connectivity index (χ0) is 10.7. The summed E-state index contributed by atoms with van der Waals surface area (Å²) < 4.78 is 0. The van der Waals surface area contributed by atoms with Gasteiger partial charge in [0.1, 0.15) is 5.78 Å². The average molecular weight is 221 g/mol. The molecule has 1 fully saturated rings. The lowest BCUT2D eigenvalue weighted by Crippen LogP contribution is -2.05. The van der Waals surface area contributed by atoms with Gasteiger partial charge in [-0.05, 0) is 24.5 Å². The van der Waals surface area contributed by atoms with E-state index in [1.165, 1.54) is 5.57 Å². The Morgan fingerprint density at radius 2 is 1.73 bits per heavy atom. The Balaban J connectivity index is 2.17. The first-order valence-electron chi connectivity index (χ1n) is 5.21. The van der Waals surface area contributed by atoms with Crippen LogP contribution < -0.4 is 0 Å². The number of hydrogen-bond donors (Lipinski definition) is 0. The van der Waals surface area contributed by atoms with Gasteiger partial charge in [0.05, 0.1) is 0 Å². The zero-order valence-corrected chi connectivity index (χ0v) is 9.26. The van der Waals surface area contributed by atoms with Crippen LogP contribution in [0.3, 0.4) is 0 Å². The predicted molar refractivity (Wildman–Crippen MR) is 62.9 cm³/mol. The topological polar surface area (TPSA) is 17.1 Å². The lowest BCUT2D eigenvalue weighted by Gasteiger charge is -2.13. The molecule has 0 unspecified atom stereocenters. The number of halogens is 1. The minimum atomic E-state index is 0.381. The third-order valence-corrected chi connectivity index (χ3v) is 3.06. The molecular formula is C13H13ClO. The van der Waals surface area contributed by atoms with Crippen molar-refractivity contribution in [1.82, 2.24) is 0 Å². The van der Waals surface area contributed by atoms with Crippen molar-refractivity contribution in [2.45, 2.75) is 25.7 Å². The smallest absolute Gasteiger partial charge is 0.133 e. The second-order valence-corrected chi connectivity index (χ2v) is 4.27. The van der Waals surface area contributed by atoms with Crippen LogP contribution in [0.25, 0.3) is 6.08 Å². The van der Waals surface area contributed by atoms with Crippen LogP contribution in [-0.4, -0.2) is 5.78 Å². The van der Waals surface area contributed by atoms with Crippen LogP contribution in [0, 0.1) is 0 Å². The van der Waals surface area contributed by atoms with E-state index in [0.29, 0.717) is 18.6 Å². The fraction of sp³-hybridized carbons (Fsp3) is 0.308. The summed E-state index contributed by atoms with van der Waals surface area (Å²) in [6, 6.07) is 7.80. The molecule has 1 aliphatic rings. The number of carbonyl (C=O) groups is 1. The fourth-order valence-electron chi connectivity index (χ4n) is 1.81. The first-order chi connectivity index (χ1) is 7.25. The summed E-state index contributed by atoms with van der Waals surface area (Å²) in [6.45, 7) is 0. The molecule has 0 aliphatic heterocycles. The molecule has 2 rings (SSSR count). The van der Waals surface area contributed by atoms with Crippen molar-refractivity contribution >= 4 is 23.5 Å². The molecule has 1 aliphatic carbocycles. The monoisotopic (exact) mass is 220 g/mol. The number of Topliss-reactive ketones (excluding diaryl/α,β-unsaturated/α-hetero) is 1. The Kier molecular flexibility index (Phi) is 3.22. The second kappa shape index (κ2) is 4.63. The van der Waals surface area contributed by atoms with E-state index in [9.17, 15) is 4.79 Å². The SMILES string of the molecule is O=C1CCC(=Cc2ccccc2Cl)CC1. The molecule has 1 aromatic rings. The van der Waals surface area contributed by atoms with Crippen molar-refractivity contribution in [2.75, 3.05) is 0 Å². The van der Waals surface area contributed by atoms with Gasteiger partial charge in [-0.3, -0.25) is 4.79 Å². The van der Waals surface area contributed by atoms with Gasteiger partial charge in [-0.2, -0.15) is 0 Å². The molecule has 0 radical (unpaired) electrons. The normalized spacial score (nSPS) is 16.6. The average Bonchev–Trinajstić information content (AvgIpc) is 2.25. The largest absolute Gasteiger partial charge is 0.300 e. The molecule has 0 spiro atoms. The van der Waals surface area contributed by atoms with Crippen LogP contribution in [-0.2, 0) is 4.79 Å². The number of hydrogen-bond acceptors (Lipinski definition) is 1. The summed E-state index contributed by atoms with van der Waals surface area (Å²) >= 11 is 6.06. The first-order valence-corrected chi connectivity index (χ1v) is 5.59. The summed E-state index contributed by atoms with van der Waals surface area (Å²) in [5, 5.41) is 0.780. The quantitative estimate of drug-likeness (QED) is 0.702. The van der Waals surface area contributed by atoms with Crippen LogP contribution >= 0.6 is 11.6 Å². The number of ketones is 1. The summed E-state index contributed by atoms with van der Waals surface area (Å²) in [5.41, 5.74) is 2.39. The second-order valence-electron chi connectivity index (χ2n) is 3.86. The van der Waals surface area contributed by atoms with Gasteiger partial charge >= 0.3 is 0 Å². The highest BCUT2D eigenvalue weighted by molar-refractivity contribution is 6.32. The molecule has 1 nitrogen and oxygen atoms in total. The Morgan fingerprint density at radius 1 is 1.07 bits per heavy atom. The highest BCUT2D eigenvalue weighted by atomic mass is 35.5. The lowest BCUT2D eigenvalue weighted by molar-refractivity contribution is -0.119. The molecule has 2 heteroatoms. The maximum Gasteiger partial charge on any atom is 0.133 e. The maximum atomic E-state index is 11.1. The van der Waals surface area contributed by atoms with Gasteiger partial charge in [-0.15, -0.1) is 0 Å². The van der Waals surface area contributed by atoms with E-state index in [2.05, 4.69) is 6.08 Å². The Bertz CT molecular complexity index is 395. The summed E-state index contributed by atoms with van der Waals surface area (Å²) in [7, 11) is 0. The highest BCUT2D eigenvalue weighted by Gasteiger charge is 2.12. The molecule has 0 bridgehead atoms. The molecule has 15 heavy (non-hydrogen) atoms. The van der Waals surface area contributed by atoms with Crippen molar-refractivity contribution in [3.63, 3.8) is 0 Å². The highest BCUT2D eigenvalue weighted by Crippen LogP contribution is 2.25. The number of allylic oxidation sites excluding steroid dienone is 1. The molecule has 0 amide bonds. The van der Waals surface area contributed by atoms with E-state index >= 15 is 0 Å². The van der Waals surface area contributed by atoms with E-state index in [-0.39, 0.29) is 0 Å². The molecule has 0 atom stereocenters. The van der Waals surface area contributed by atoms with Crippen LogP contribution in [0.4, 0.5) is 0 Å². The Hall–Kier alpha value is -1.08. The van der Waals surface area contributed by atoms with Gasteiger partial charge in [0.15, 0.2) is 0 Å². The van der Waals surface area contributed by atoms with E-state index < -0.39 is 0 Å². The van der Waals surface area contributed by atoms with Crippen LogP contribution in [0.2, 0.25) is 5.02 Å². The molecule has 1 aromatic carbocycles. The number of benzene rings is 1. The first kappa shape index (κ1) is 10.4. The van der Waals surface area contributed by atoms with Crippen LogP contribution in [0.5, 0.6) is 0 Å². The molecular weight excluding hydrogens is 208 g/mol. The zero-order valence-electron chi connectivity index (χ0n) is 8.50. The standard InChI is InChI=1S/C13H13ClO/c14-13-4-2-1-3-11(13)9-10-5-7-12(15)8-6-10/h1-4,9H,5-8H2. The van der Waals surface area contributed by atoms with E-state index in [1.807, 2.05) is 24.3 Å². The molecule has 0 aromatic heterocycles. The molecule has 1 saturated carbocycles. The summed E-state index contributed by atoms with van der Waals surface area (Å²) in [4.78, 5) is 11.1. The Labute approximate surface area is 94.8 Å². The van der Waals surface area contributed by atoms with Gasteiger partial charge < -0.3 is 0 Å². The minimum Gasteiger partial charge on any atom is -0.300 e.